The normalized spacial score (nSPS) is 15.6. The molecule has 1 fully saturated rings. The Labute approximate surface area is 140 Å². The van der Waals surface area contributed by atoms with E-state index < -0.39 is 0 Å². The lowest BCUT2D eigenvalue weighted by atomic mass is 9.96. The minimum absolute atomic E-state index is 0.119. The van der Waals surface area contributed by atoms with Crippen molar-refractivity contribution in [2.45, 2.75) is 26.2 Å². The van der Waals surface area contributed by atoms with Gasteiger partial charge in [0.25, 0.3) is 0 Å². The maximum Gasteiger partial charge on any atom is 0.223 e. The van der Waals surface area contributed by atoms with Crippen LogP contribution < -0.4 is 10.2 Å². The van der Waals surface area contributed by atoms with E-state index in [1.54, 1.807) is 11.3 Å². The van der Waals surface area contributed by atoms with E-state index in [1.165, 1.54) is 4.88 Å². The predicted octanol–water partition coefficient (Wildman–Crippen LogP) is 2.42. The highest BCUT2D eigenvalue weighted by atomic mass is 32.1. The van der Waals surface area contributed by atoms with E-state index in [4.69, 9.17) is 0 Å². The zero-order valence-corrected chi connectivity index (χ0v) is 14.2. The van der Waals surface area contributed by atoms with Crippen LogP contribution in [0.2, 0.25) is 0 Å². The Morgan fingerprint density at radius 2 is 2.13 bits per heavy atom. The molecule has 1 aliphatic heterocycles. The second-order valence-electron chi connectivity index (χ2n) is 5.91. The van der Waals surface area contributed by atoms with E-state index in [-0.39, 0.29) is 11.8 Å². The third-order valence-corrected chi connectivity index (χ3v) is 5.16. The van der Waals surface area contributed by atoms with Gasteiger partial charge in [0.05, 0.1) is 5.69 Å². The number of nitrogens with one attached hydrogen (secondary N) is 1. The third-order valence-electron chi connectivity index (χ3n) is 4.22. The monoisotopic (exact) mass is 330 g/mol. The van der Waals surface area contributed by atoms with Crippen molar-refractivity contribution in [1.82, 2.24) is 15.5 Å². The van der Waals surface area contributed by atoms with Crippen LogP contribution in [-0.4, -0.2) is 35.7 Å². The zero-order chi connectivity index (χ0) is 16.1. The molecule has 2 aromatic rings. The molecule has 0 radical (unpaired) electrons. The number of amides is 1. The molecule has 1 amide bonds. The molecule has 0 saturated carbocycles. The lowest BCUT2D eigenvalue weighted by Crippen LogP contribution is -2.41. The molecule has 1 aliphatic rings. The Morgan fingerprint density at radius 3 is 2.78 bits per heavy atom. The Balaban J connectivity index is 1.43. The minimum atomic E-state index is 0.119. The number of aromatic nitrogens is 2. The van der Waals surface area contributed by atoms with Crippen molar-refractivity contribution in [3.8, 4) is 0 Å². The van der Waals surface area contributed by atoms with Crippen molar-refractivity contribution in [1.29, 1.82) is 0 Å². The molecule has 0 bridgehead atoms. The van der Waals surface area contributed by atoms with E-state index in [9.17, 15) is 4.79 Å². The summed E-state index contributed by atoms with van der Waals surface area (Å²) in [7, 11) is 0. The molecular formula is C17H22N4OS. The Hall–Kier alpha value is -1.95. The summed E-state index contributed by atoms with van der Waals surface area (Å²) in [6.07, 6.45) is 2.67. The lowest BCUT2D eigenvalue weighted by molar-refractivity contribution is -0.125. The number of rotatable bonds is 5. The van der Waals surface area contributed by atoms with Gasteiger partial charge in [-0.05, 0) is 49.8 Å². The van der Waals surface area contributed by atoms with Crippen LogP contribution in [0.15, 0.2) is 29.6 Å². The maximum atomic E-state index is 12.3. The van der Waals surface area contributed by atoms with Crippen molar-refractivity contribution in [3.05, 3.63) is 40.2 Å². The highest BCUT2D eigenvalue weighted by molar-refractivity contribution is 7.09. The fourth-order valence-electron chi connectivity index (χ4n) is 2.84. The highest BCUT2D eigenvalue weighted by Crippen LogP contribution is 2.21. The van der Waals surface area contributed by atoms with Crippen LogP contribution in [0.5, 0.6) is 0 Å². The molecule has 3 rings (SSSR count). The second kappa shape index (κ2) is 7.55. The molecule has 23 heavy (non-hydrogen) atoms. The van der Waals surface area contributed by atoms with Crippen molar-refractivity contribution in [3.63, 3.8) is 0 Å². The standard InChI is InChI=1S/C17H22N4OS/c1-13-4-5-16(20-19-13)21-10-7-14(8-11-21)17(22)18-9-6-15-3-2-12-23-15/h2-5,12,14H,6-11H2,1H3,(H,18,22). The number of anilines is 1. The molecule has 6 heteroatoms. The summed E-state index contributed by atoms with van der Waals surface area (Å²) >= 11 is 1.74. The Morgan fingerprint density at radius 1 is 1.30 bits per heavy atom. The van der Waals surface area contributed by atoms with Gasteiger partial charge < -0.3 is 10.2 Å². The van der Waals surface area contributed by atoms with E-state index in [2.05, 4.69) is 31.9 Å². The maximum absolute atomic E-state index is 12.3. The largest absolute Gasteiger partial charge is 0.355 e. The molecule has 3 heterocycles. The molecular weight excluding hydrogens is 308 g/mol. The molecule has 5 nitrogen and oxygen atoms in total. The SMILES string of the molecule is Cc1ccc(N2CCC(C(=O)NCCc3cccs3)CC2)nn1. The van der Waals surface area contributed by atoms with E-state index in [0.29, 0.717) is 0 Å². The predicted molar refractivity (Wildman–Crippen MR) is 92.7 cm³/mol. The van der Waals surface area contributed by atoms with Crippen LogP contribution in [0.3, 0.4) is 0 Å². The summed E-state index contributed by atoms with van der Waals surface area (Å²) in [5.74, 6) is 1.22. The van der Waals surface area contributed by atoms with Crippen LogP contribution in [0.1, 0.15) is 23.4 Å². The van der Waals surface area contributed by atoms with Gasteiger partial charge in [0, 0.05) is 30.4 Å². The highest BCUT2D eigenvalue weighted by Gasteiger charge is 2.25. The van der Waals surface area contributed by atoms with E-state index in [1.807, 2.05) is 25.1 Å². The molecule has 1 N–H and O–H groups in total. The number of hydrogen-bond acceptors (Lipinski definition) is 5. The van der Waals surface area contributed by atoms with Crippen LogP contribution >= 0.6 is 11.3 Å². The average Bonchev–Trinajstić information content (AvgIpc) is 3.09. The molecule has 0 aromatic carbocycles. The zero-order valence-electron chi connectivity index (χ0n) is 13.4. The van der Waals surface area contributed by atoms with Gasteiger partial charge in [-0.3, -0.25) is 4.79 Å². The van der Waals surface area contributed by atoms with Gasteiger partial charge in [0.15, 0.2) is 5.82 Å². The number of carbonyl (C=O) groups excluding carboxylic acids is 1. The summed E-state index contributed by atoms with van der Waals surface area (Å²) in [6, 6.07) is 8.14. The first-order chi connectivity index (χ1) is 11.2. The average molecular weight is 330 g/mol. The van der Waals surface area contributed by atoms with Crippen LogP contribution in [0, 0.1) is 12.8 Å². The fraction of sp³-hybridized carbons (Fsp3) is 0.471. The van der Waals surface area contributed by atoms with Gasteiger partial charge in [-0.25, -0.2) is 0 Å². The number of aryl methyl sites for hydroxylation is 1. The molecule has 0 spiro atoms. The number of carbonyl (C=O) groups is 1. The van der Waals surface area contributed by atoms with Crippen LogP contribution in [-0.2, 0) is 11.2 Å². The van der Waals surface area contributed by atoms with Gasteiger partial charge in [-0.15, -0.1) is 16.4 Å². The molecule has 0 atom stereocenters. The smallest absolute Gasteiger partial charge is 0.223 e. The van der Waals surface area contributed by atoms with Gasteiger partial charge in [-0.1, -0.05) is 6.07 Å². The molecule has 2 aromatic heterocycles. The van der Waals surface area contributed by atoms with E-state index >= 15 is 0 Å². The summed E-state index contributed by atoms with van der Waals surface area (Å²) in [6.45, 7) is 4.38. The van der Waals surface area contributed by atoms with Crippen LogP contribution in [0.4, 0.5) is 5.82 Å². The first-order valence-electron chi connectivity index (χ1n) is 8.08. The van der Waals surface area contributed by atoms with E-state index in [0.717, 1.165) is 50.4 Å². The minimum Gasteiger partial charge on any atom is -0.355 e. The quantitative estimate of drug-likeness (QED) is 0.915. The second-order valence-corrected chi connectivity index (χ2v) is 6.95. The summed E-state index contributed by atoms with van der Waals surface area (Å²) in [4.78, 5) is 15.8. The Bertz CT molecular complexity index is 619. The lowest BCUT2D eigenvalue weighted by Gasteiger charge is -2.31. The van der Waals surface area contributed by atoms with Gasteiger partial charge in [0.1, 0.15) is 0 Å². The number of hydrogen-bond donors (Lipinski definition) is 1. The fourth-order valence-corrected chi connectivity index (χ4v) is 3.55. The molecule has 1 saturated heterocycles. The number of thiophene rings is 1. The van der Waals surface area contributed by atoms with Crippen molar-refractivity contribution < 1.29 is 4.79 Å². The summed E-state index contributed by atoms with van der Waals surface area (Å²) in [5.41, 5.74) is 0.925. The van der Waals surface area contributed by atoms with Crippen molar-refractivity contribution in [2.24, 2.45) is 5.92 Å². The van der Waals surface area contributed by atoms with Crippen LogP contribution in [0.25, 0.3) is 0 Å². The molecule has 0 unspecified atom stereocenters. The third kappa shape index (κ3) is 4.28. The molecule has 122 valence electrons. The number of piperidine rings is 1. The Kier molecular flexibility index (Phi) is 5.23. The van der Waals surface area contributed by atoms with Crippen molar-refractivity contribution in [2.75, 3.05) is 24.5 Å². The summed E-state index contributed by atoms with van der Waals surface area (Å²) in [5, 5.41) is 13.5. The number of nitrogens with zero attached hydrogens (tertiary/aromatic N) is 3. The summed E-state index contributed by atoms with van der Waals surface area (Å²) < 4.78 is 0. The topological polar surface area (TPSA) is 58.1 Å². The first kappa shape index (κ1) is 15.9. The van der Waals surface area contributed by atoms with Gasteiger partial charge in [-0.2, -0.15) is 5.10 Å². The van der Waals surface area contributed by atoms with Gasteiger partial charge in [0.2, 0.25) is 5.91 Å². The molecule has 0 aliphatic carbocycles. The van der Waals surface area contributed by atoms with Crippen molar-refractivity contribution >= 4 is 23.1 Å². The van der Waals surface area contributed by atoms with Gasteiger partial charge >= 0.3 is 0 Å². The first-order valence-corrected chi connectivity index (χ1v) is 8.96.